The van der Waals surface area contributed by atoms with E-state index in [1.54, 1.807) is 7.11 Å². The van der Waals surface area contributed by atoms with Gasteiger partial charge in [0.15, 0.2) is 0 Å². The molecule has 0 atom stereocenters. The Balaban J connectivity index is 2.02. The van der Waals surface area contributed by atoms with E-state index in [2.05, 4.69) is 15.3 Å². The molecule has 1 heterocycles. The molecule has 2 N–H and O–H groups in total. The van der Waals surface area contributed by atoms with E-state index < -0.39 is 5.91 Å². The summed E-state index contributed by atoms with van der Waals surface area (Å²) >= 11 is 0. The Morgan fingerprint density at radius 2 is 2.26 bits per heavy atom. The summed E-state index contributed by atoms with van der Waals surface area (Å²) in [5.74, 6) is 0.329. The zero-order chi connectivity index (χ0) is 13.7. The number of carbonyl (C=O) groups is 1. The van der Waals surface area contributed by atoms with E-state index in [9.17, 15) is 9.59 Å². The largest absolute Gasteiger partial charge is 0.497 e. The van der Waals surface area contributed by atoms with Crippen molar-refractivity contribution in [1.29, 1.82) is 0 Å². The average Bonchev–Trinajstić information content (AvgIpc) is 2.45. The van der Waals surface area contributed by atoms with Crippen molar-refractivity contribution in [2.75, 3.05) is 7.11 Å². The van der Waals surface area contributed by atoms with E-state index in [0.29, 0.717) is 6.54 Å². The Morgan fingerprint density at radius 3 is 3.00 bits per heavy atom. The third-order valence-corrected chi connectivity index (χ3v) is 2.50. The van der Waals surface area contributed by atoms with Crippen LogP contribution in [0.3, 0.4) is 0 Å². The van der Waals surface area contributed by atoms with Crippen molar-refractivity contribution >= 4 is 5.91 Å². The van der Waals surface area contributed by atoms with Gasteiger partial charge < -0.3 is 15.0 Å². The smallest absolute Gasteiger partial charge is 0.270 e. The highest BCUT2D eigenvalue weighted by atomic mass is 16.5. The van der Waals surface area contributed by atoms with Crippen molar-refractivity contribution in [1.82, 2.24) is 15.3 Å². The molecule has 1 aromatic carbocycles. The number of nitrogens with one attached hydrogen (secondary N) is 2. The summed E-state index contributed by atoms with van der Waals surface area (Å²) in [7, 11) is 1.58. The van der Waals surface area contributed by atoms with E-state index in [1.807, 2.05) is 24.3 Å². The molecule has 0 radical (unpaired) electrons. The molecule has 2 aromatic rings. The highest BCUT2D eigenvalue weighted by molar-refractivity contribution is 5.91. The summed E-state index contributed by atoms with van der Waals surface area (Å²) in [6.45, 7) is 0.338. The lowest BCUT2D eigenvalue weighted by molar-refractivity contribution is 0.0945. The SMILES string of the molecule is COc1cccc(CNC(=O)c2cc(=O)[nH]cn2)c1. The molecule has 0 bridgehead atoms. The molecule has 0 saturated carbocycles. The van der Waals surface area contributed by atoms with Gasteiger partial charge in [-0.05, 0) is 17.7 Å². The van der Waals surface area contributed by atoms with Gasteiger partial charge in [0.05, 0.1) is 13.4 Å². The lowest BCUT2D eigenvalue weighted by Gasteiger charge is -2.06. The normalized spacial score (nSPS) is 9.95. The predicted octanol–water partition coefficient (Wildman–Crippen LogP) is 0.708. The lowest BCUT2D eigenvalue weighted by Crippen LogP contribution is -2.25. The maximum Gasteiger partial charge on any atom is 0.270 e. The Hall–Kier alpha value is -2.63. The zero-order valence-corrected chi connectivity index (χ0v) is 10.3. The summed E-state index contributed by atoms with van der Waals surface area (Å²) in [4.78, 5) is 29.0. The molecule has 19 heavy (non-hydrogen) atoms. The summed E-state index contributed by atoms with van der Waals surface area (Å²) < 4.78 is 5.09. The molecule has 6 heteroatoms. The van der Waals surface area contributed by atoms with Gasteiger partial charge in [0.1, 0.15) is 11.4 Å². The number of nitrogens with zero attached hydrogens (tertiary/aromatic N) is 1. The summed E-state index contributed by atoms with van der Waals surface area (Å²) in [5, 5.41) is 2.68. The number of aromatic amines is 1. The van der Waals surface area contributed by atoms with E-state index in [1.165, 1.54) is 6.33 Å². The number of benzene rings is 1. The first-order valence-corrected chi connectivity index (χ1v) is 5.65. The van der Waals surface area contributed by atoms with Crippen molar-refractivity contribution in [3.63, 3.8) is 0 Å². The molecule has 0 fully saturated rings. The number of hydrogen-bond acceptors (Lipinski definition) is 4. The van der Waals surface area contributed by atoms with Gasteiger partial charge >= 0.3 is 0 Å². The van der Waals surface area contributed by atoms with Crippen LogP contribution < -0.4 is 15.6 Å². The molecule has 0 aliphatic carbocycles. The maximum absolute atomic E-state index is 11.8. The summed E-state index contributed by atoms with van der Waals surface area (Å²) in [5.41, 5.74) is 0.630. The quantitative estimate of drug-likeness (QED) is 0.847. The topological polar surface area (TPSA) is 84.1 Å². The van der Waals surface area contributed by atoms with Crippen LogP contribution >= 0.6 is 0 Å². The Morgan fingerprint density at radius 1 is 1.42 bits per heavy atom. The van der Waals surface area contributed by atoms with Gasteiger partial charge in [-0.3, -0.25) is 9.59 Å². The van der Waals surface area contributed by atoms with Crippen LogP contribution in [0.2, 0.25) is 0 Å². The van der Waals surface area contributed by atoms with Gasteiger partial charge in [-0.2, -0.15) is 0 Å². The second kappa shape index (κ2) is 5.81. The first-order chi connectivity index (χ1) is 9.19. The van der Waals surface area contributed by atoms with Crippen LogP contribution in [-0.2, 0) is 6.54 Å². The summed E-state index contributed by atoms with van der Waals surface area (Å²) in [6, 6.07) is 8.51. The molecule has 0 aliphatic heterocycles. The average molecular weight is 259 g/mol. The molecular weight excluding hydrogens is 246 g/mol. The molecule has 0 saturated heterocycles. The van der Waals surface area contributed by atoms with E-state index in [0.717, 1.165) is 17.4 Å². The van der Waals surface area contributed by atoms with Gasteiger partial charge in [0.2, 0.25) is 0 Å². The maximum atomic E-state index is 11.8. The standard InChI is InChI=1S/C13H13N3O3/c1-19-10-4-2-3-9(5-10)7-14-13(18)11-6-12(17)16-8-15-11/h2-6,8H,7H2,1H3,(H,14,18)(H,15,16,17). The van der Waals surface area contributed by atoms with Crippen molar-refractivity contribution < 1.29 is 9.53 Å². The van der Waals surface area contributed by atoms with Crippen LogP contribution in [0.25, 0.3) is 0 Å². The second-order valence-electron chi connectivity index (χ2n) is 3.83. The Labute approximate surface area is 109 Å². The van der Waals surface area contributed by atoms with Crippen LogP contribution in [0.4, 0.5) is 0 Å². The van der Waals surface area contributed by atoms with Crippen LogP contribution in [0.5, 0.6) is 5.75 Å². The van der Waals surface area contributed by atoms with Crippen LogP contribution in [0, 0.1) is 0 Å². The first kappa shape index (κ1) is 12.8. The number of rotatable bonds is 4. The van der Waals surface area contributed by atoms with Gasteiger partial charge in [0.25, 0.3) is 11.5 Å². The van der Waals surface area contributed by atoms with Crippen molar-refractivity contribution in [3.05, 3.63) is 58.3 Å². The summed E-state index contributed by atoms with van der Waals surface area (Å²) in [6.07, 6.45) is 1.20. The fraction of sp³-hybridized carbons (Fsp3) is 0.154. The number of methoxy groups -OCH3 is 1. The van der Waals surface area contributed by atoms with Gasteiger partial charge in [-0.15, -0.1) is 0 Å². The molecule has 98 valence electrons. The van der Waals surface area contributed by atoms with Gasteiger partial charge in [-0.1, -0.05) is 12.1 Å². The zero-order valence-electron chi connectivity index (χ0n) is 10.3. The molecule has 0 aliphatic rings. The fourth-order valence-electron chi connectivity index (χ4n) is 1.55. The monoisotopic (exact) mass is 259 g/mol. The molecular formula is C13H13N3O3. The highest BCUT2D eigenvalue weighted by Crippen LogP contribution is 2.12. The van der Waals surface area contributed by atoms with E-state index in [4.69, 9.17) is 4.74 Å². The minimum atomic E-state index is -0.395. The minimum Gasteiger partial charge on any atom is -0.497 e. The minimum absolute atomic E-state index is 0.0895. The number of amides is 1. The molecule has 6 nitrogen and oxygen atoms in total. The van der Waals surface area contributed by atoms with Crippen molar-refractivity contribution in [2.45, 2.75) is 6.54 Å². The first-order valence-electron chi connectivity index (χ1n) is 5.65. The van der Waals surface area contributed by atoms with Crippen LogP contribution in [0.1, 0.15) is 16.1 Å². The second-order valence-corrected chi connectivity index (χ2v) is 3.83. The number of aromatic nitrogens is 2. The van der Waals surface area contributed by atoms with Gasteiger partial charge in [0, 0.05) is 12.6 Å². The highest BCUT2D eigenvalue weighted by Gasteiger charge is 2.07. The third kappa shape index (κ3) is 3.41. The van der Waals surface area contributed by atoms with Crippen LogP contribution in [0.15, 0.2) is 41.5 Å². The van der Waals surface area contributed by atoms with Crippen molar-refractivity contribution in [2.24, 2.45) is 0 Å². The molecule has 2 rings (SSSR count). The molecule has 0 spiro atoms. The fourth-order valence-corrected chi connectivity index (χ4v) is 1.55. The number of carbonyl (C=O) groups excluding carboxylic acids is 1. The Kier molecular flexibility index (Phi) is 3.92. The number of H-pyrrole nitrogens is 1. The predicted molar refractivity (Wildman–Crippen MR) is 69.0 cm³/mol. The van der Waals surface area contributed by atoms with E-state index >= 15 is 0 Å². The van der Waals surface area contributed by atoms with Crippen molar-refractivity contribution in [3.8, 4) is 5.75 Å². The molecule has 1 aromatic heterocycles. The molecule has 1 amide bonds. The van der Waals surface area contributed by atoms with E-state index in [-0.39, 0.29) is 11.3 Å². The van der Waals surface area contributed by atoms with Gasteiger partial charge in [-0.25, -0.2) is 4.98 Å². The molecule has 0 unspecified atom stereocenters. The van der Waals surface area contributed by atoms with Crippen LogP contribution in [-0.4, -0.2) is 23.0 Å². The Bertz CT molecular complexity index is 637. The lowest BCUT2D eigenvalue weighted by atomic mass is 10.2. The number of ether oxygens (including phenoxy) is 1. The number of hydrogen-bond donors (Lipinski definition) is 2. The third-order valence-electron chi connectivity index (χ3n) is 2.50.